The van der Waals surface area contributed by atoms with E-state index in [1.165, 1.54) is 24.3 Å². The Labute approximate surface area is 201 Å². The fourth-order valence-corrected chi connectivity index (χ4v) is 4.93. The van der Waals surface area contributed by atoms with Gasteiger partial charge < -0.3 is 5.32 Å². The minimum absolute atomic E-state index is 0.169. The maximum atomic E-state index is 13.4. The van der Waals surface area contributed by atoms with E-state index in [4.69, 9.17) is 11.6 Å². The molecule has 1 amide bonds. The predicted molar refractivity (Wildman–Crippen MR) is 125 cm³/mol. The summed E-state index contributed by atoms with van der Waals surface area (Å²) in [6.45, 7) is 2.91. The quantitative estimate of drug-likeness (QED) is 0.441. The van der Waals surface area contributed by atoms with E-state index in [2.05, 4.69) is 5.32 Å². The highest BCUT2D eigenvalue weighted by molar-refractivity contribution is 7.92. The molecule has 180 valence electrons. The van der Waals surface area contributed by atoms with E-state index in [9.17, 15) is 26.4 Å². The highest BCUT2D eigenvalue weighted by atomic mass is 35.5. The second-order valence-corrected chi connectivity index (χ2v) is 9.96. The largest absolute Gasteiger partial charge is 0.417 e. The molecule has 34 heavy (non-hydrogen) atoms. The van der Waals surface area contributed by atoms with Crippen LogP contribution in [0.15, 0.2) is 77.7 Å². The molecule has 0 radical (unpaired) electrons. The maximum Gasteiger partial charge on any atom is 0.417 e. The molecule has 0 aliphatic carbocycles. The number of amides is 1. The predicted octanol–water partition coefficient (Wildman–Crippen LogP) is 5.74. The van der Waals surface area contributed by atoms with E-state index in [-0.39, 0.29) is 10.6 Å². The lowest BCUT2D eigenvalue weighted by atomic mass is 10.1. The minimum atomic E-state index is -4.81. The molecule has 1 atom stereocenters. The number of carbonyl (C=O) groups is 1. The number of sulfonamides is 1. The van der Waals surface area contributed by atoms with Crippen LogP contribution in [0.2, 0.25) is 5.02 Å². The van der Waals surface area contributed by atoms with Crippen molar-refractivity contribution in [2.24, 2.45) is 0 Å². The molecular formula is C24H22ClF3N2O3S. The van der Waals surface area contributed by atoms with Gasteiger partial charge >= 0.3 is 6.18 Å². The van der Waals surface area contributed by atoms with Crippen molar-refractivity contribution in [1.82, 2.24) is 5.32 Å². The van der Waals surface area contributed by atoms with E-state index < -0.39 is 45.3 Å². The van der Waals surface area contributed by atoms with E-state index >= 15 is 0 Å². The number of hydrogen-bond acceptors (Lipinski definition) is 3. The molecule has 3 rings (SSSR count). The van der Waals surface area contributed by atoms with Crippen LogP contribution in [-0.2, 0) is 21.0 Å². The molecule has 3 aromatic rings. The topological polar surface area (TPSA) is 66.5 Å². The molecule has 0 spiro atoms. The molecule has 0 saturated heterocycles. The average molecular weight is 511 g/mol. The molecule has 0 saturated carbocycles. The van der Waals surface area contributed by atoms with Gasteiger partial charge in [-0.2, -0.15) is 13.2 Å². The first-order valence-corrected chi connectivity index (χ1v) is 12.0. The number of hydrogen-bond donors (Lipinski definition) is 1. The molecule has 0 aromatic heterocycles. The first-order valence-electron chi connectivity index (χ1n) is 10.2. The fraction of sp³-hybridized carbons (Fsp3) is 0.208. The lowest BCUT2D eigenvalue weighted by Crippen LogP contribution is -2.41. The van der Waals surface area contributed by atoms with Crippen LogP contribution >= 0.6 is 11.6 Å². The van der Waals surface area contributed by atoms with Crippen molar-refractivity contribution >= 4 is 33.2 Å². The molecule has 5 nitrogen and oxygen atoms in total. The summed E-state index contributed by atoms with van der Waals surface area (Å²) in [6.07, 6.45) is -4.81. The molecule has 0 fully saturated rings. The molecule has 3 aromatic carbocycles. The van der Waals surface area contributed by atoms with E-state index in [0.717, 1.165) is 23.3 Å². The molecule has 0 aliphatic heterocycles. The number of benzene rings is 3. The Morgan fingerprint density at radius 1 is 1.03 bits per heavy atom. The Kier molecular flexibility index (Phi) is 7.57. The van der Waals surface area contributed by atoms with Crippen molar-refractivity contribution < 1.29 is 26.4 Å². The SMILES string of the molecule is Cc1ccc([C@H](C)NC(=O)CN(c2ccc(Cl)c(C(F)(F)F)c2)S(=O)(=O)c2ccccc2)cc1. The van der Waals surface area contributed by atoms with Gasteiger partial charge in [0.25, 0.3) is 10.0 Å². The number of anilines is 1. The van der Waals surface area contributed by atoms with Crippen LogP contribution in [0.4, 0.5) is 18.9 Å². The average Bonchev–Trinajstić information content (AvgIpc) is 2.78. The van der Waals surface area contributed by atoms with Crippen LogP contribution in [0, 0.1) is 6.92 Å². The molecule has 0 heterocycles. The Morgan fingerprint density at radius 3 is 2.24 bits per heavy atom. The van der Waals surface area contributed by atoms with Gasteiger partial charge in [-0.1, -0.05) is 59.6 Å². The van der Waals surface area contributed by atoms with Gasteiger partial charge in [0.2, 0.25) is 5.91 Å². The number of nitrogens with one attached hydrogen (secondary N) is 1. The summed E-state index contributed by atoms with van der Waals surface area (Å²) in [6, 6.07) is 16.8. The highest BCUT2D eigenvalue weighted by Gasteiger charge is 2.35. The van der Waals surface area contributed by atoms with Crippen molar-refractivity contribution in [3.63, 3.8) is 0 Å². The Balaban J connectivity index is 1.97. The standard InChI is InChI=1S/C24H22ClF3N2O3S/c1-16-8-10-18(11-9-16)17(2)29-23(31)15-30(34(32,33)20-6-4-3-5-7-20)19-12-13-22(25)21(14-19)24(26,27)28/h3-14,17H,15H2,1-2H3,(H,29,31)/t17-/m0/s1. The van der Waals surface area contributed by atoms with Crippen LogP contribution in [0.5, 0.6) is 0 Å². The molecule has 0 bridgehead atoms. The second kappa shape index (κ2) is 10.1. The molecule has 0 unspecified atom stereocenters. The van der Waals surface area contributed by atoms with Crippen LogP contribution in [-0.4, -0.2) is 20.9 Å². The zero-order valence-corrected chi connectivity index (χ0v) is 19.9. The number of nitrogens with zero attached hydrogens (tertiary/aromatic N) is 1. The summed E-state index contributed by atoms with van der Waals surface area (Å²) >= 11 is 5.70. The van der Waals surface area contributed by atoms with Gasteiger partial charge in [-0.25, -0.2) is 8.42 Å². The van der Waals surface area contributed by atoms with Crippen LogP contribution in [0.1, 0.15) is 29.7 Å². The number of alkyl halides is 3. The molecule has 10 heteroatoms. The highest BCUT2D eigenvalue weighted by Crippen LogP contribution is 2.38. The second-order valence-electron chi connectivity index (χ2n) is 7.69. The zero-order chi connectivity index (χ0) is 25.1. The minimum Gasteiger partial charge on any atom is -0.348 e. The number of rotatable bonds is 7. The summed E-state index contributed by atoms with van der Waals surface area (Å²) in [7, 11) is -4.37. The van der Waals surface area contributed by atoms with Crippen molar-refractivity contribution in [2.45, 2.75) is 31.0 Å². The van der Waals surface area contributed by atoms with E-state index in [1.807, 2.05) is 31.2 Å². The third kappa shape index (κ3) is 5.90. The van der Waals surface area contributed by atoms with E-state index in [1.54, 1.807) is 13.0 Å². The van der Waals surface area contributed by atoms with Crippen LogP contribution in [0.25, 0.3) is 0 Å². The number of carbonyl (C=O) groups excluding carboxylic acids is 1. The summed E-state index contributed by atoms with van der Waals surface area (Å²) in [5.41, 5.74) is 0.292. The van der Waals surface area contributed by atoms with Crippen LogP contribution < -0.4 is 9.62 Å². The number of aryl methyl sites for hydroxylation is 1. The van der Waals surface area contributed by atoms with Crippen LogP contribution in [0.3, 0.4) is 0 Å². The van der Waals surface area contributed by atoms with Gasteiger partial charge in [-0.15, -0.1) is 0 Å². The summed E-state index contributed by atoms with van der Waals surface area (Å²) in [5, 5.41) is 2.12. The van der Waals surface area contributed by atoms with Gasteiger partial charge in [0, 0.05) is 0 Å². The fourth-order valence-electron chi connectivity index (χ4n) is 3.28. The van der Waals surface area contributed by atoms with Crippen molar-refractivity contribution in [3.05, 3.63) is 94.5 Å². The van der Waals surface area contributed by atoms with Gasteiger partial charge in [0.1, 0.15) is 6.54 Å². The molecule has 0 aliphatic rings. The lowest BCUT2D eigenvalue weighted by Gasteiger charge is -2.26. The summed E-state index contributed by atoms with van der Waals surface area (Å²) < 4.78 is 67.6. The Hall–Kier alpha value is -3.04. The van der Waals surface area contributed by atoms with E-state index in [0.29, 0.717) is 10.4 Å². The first kappa shape index (κ1) is 25.6. The number of halogens is 4. The van der Waals surface area contributed by atoms with Crippen molar-refractivity contribution in [2.75, 3.05) is 10.8 Å². The third-order valence-electron chi connectivity index (χ3n) is 5.12. The monoisotopic (exact) mass is 510 g/mol. The maximum absolute atomic E-state index is 13.4. The normalized spacial score (nSPS) is 12.8. The Bertz CT molecular complexity index is 1260. The van der Waals surface area contributed by atoms with Crippen molar-refractivity contribution in [1.29, 1.82) is 0 Å². The van der Waals surface area contributed by atoms with Gasteiger partial charge in [-0.3, -0.25) is 9.10 Å². The zero-order valence-electron chi connectivity index (χ0n) is 18.3. The smallest absolute Gasteiger partial charge is 0.348 e. The Morgan fingerprint density at radius 2 is 1.65 bits per heavy atom. The van der Waals surface area contributed by atoms with Crippen molar-refractivity contribution in [3.8, 4) is 0 Å². The lowest BCUT2D eigenvalue weighted by molar-refractivity contribution is -0.137. The van der Waals surface area contributed by atoms with Gasteiger partial charge in [0.05, 0.1) is 27.2 Å². The summed E-state index contributed by atoms with van der Waals surface area (Å²) in [4.78, 5) is 12.7. The third-order valence-corrected chi connectivity index (χ3v) is 7.23. The molecule has 1 N–H and O–H groups in total. The summed E-state index contributed by atoms with van der Waals surface area (Å²) in [5.74, 6) is -0.684. The van der Waals surface area contributed by atoms with Gasteiger partial charge in [-0.05, 0) is 49.7 Å². The molecular weight excluding hydrogens is 489 g/mol. The van der Waals surface area contributed by atoms with Gasteiger partial charge in [0.15, 0.2) is 0 Å². The first-order chi connectivity index (χ1) is 15.9.